The van der Waals surface area contributed by atoms with Gasteiger partial charge < -0.3 is 10.0 Å². The van der Waals surface area contributed by atoms with E-state index < -0.39 is 0 Å². The Balaban J connectivity index is 1.76. The molecule has 0 aromatic carbocycles. The normalized spacial score (nSPS) is 18.2. The molecule has 1 saturated heterocycles. The van der Waals surface area contributed by atoms with Gasteiger partial charge in [-0.1, -0.05) is 18.3 Å². The van der Waals surface area contributed by atoms with Crippen LogP contribution in [0.3, 0.4) is 0 Å². The Bertz CT molecular complexity index is 875. The van der Waals surface area contributed by atoms with Crippen molar-refractivity contribution in [2.45, 2.75) is 26.8 Å². The third-order valence-corrected chi connectivity index (χ3v) is 7.07. The van der Waals surface area contributed by atoms with Gasteiger partial charge in [0.05, 0.1) is 10.9 Å². The summed E-state index contributed by atoms with van der Waals surface area (Å²) in [6, 6.07) is 2.24. The molecule has 4 heterocycles. The summed E-state index contributed by atoms with van der Waals surface area (Å²) in [5.74, 6) is 0.921. The maximum Gasteiger partial charge on any atom is 0.230 e. The molecule has 0 spiro atoms. The van der Waals surface area contributed by atoms with Crippen LogP contribution in [0.25, 0.3) is 4.96 Å². The van der Waals surface area contributed by atoms with Crippen molar-refractivity contribution in [3.63, 3.8) is 0 Å². The molecule has 0 saturated carbocycles. The summed E-state index contributed by atoms with van der Waals surface area (Å²) >= 11 is 3.32. The van der Waals surface area contributed by atoms with E-state index in [-0.39, 0.29) is 11.9 Å². The highest BCUT2D eigenvalue weighted by Crippen LogP contribution is 2.42. The Morgan fingerprint density at radius 1 is 1.20 bits per heavy atom. The minimum absolute atomic E-state index is 0.0767. The first-order valence-corrected chi connectivity index (χ1v) is 10.3. The zero-order valence-electron chi connectivity index (χ0n) is 14.8. The molecule has 0 radical (unpaired) electrons. The largest absolute Gasteiger partial charge is 0.492 e. The molecule has 1 fully saturated rings. The third-order valence-electron chi connectivity index (χ3n) is 4.92. The van der Waals surface area contributed by atoms with E-state index >= 15 is 0 Å². The summed E-state index contributed by atoms with van der Waals surface area (Å²) in [5, 5.41) is 17.3. The number of aryl methyl sites for hydroxylation is 2. The highest BCUT2D eigenvalue weighted by molar-refractivity contribution is 7.17. The molecule has 0 amide bonds. The van der Waals surface area contributed by atoms with Gasteiger partial charge in [-0.15, -0.1) is 16.4 Å². The predicted molar refractivity (Wildman–Crippen MR) is 102 cm³/mol. The van der Waals surface area contributed by atoms with Crippen molar-refractivity contribution in [3.8, 4) is 5.88 Å². The second kappa shape index (κ2) is 6.68. The minimum atomic E-state index is 0.0767. The predicted octanol–water partition coefficient (Wildman–Crippen LogP) is 2.90. The molecule has 4 rings (SSSR count). The Kier molecular flexibility index (Phi) is 4.53. The van der Waals surface area contributed by atoms with E-state index in [4.69, 9.17) is 0 Å². The molecule has 3 aromatic heterocycles. The maximum absolute atomic E-state index is 10.8. The van der Waals surface area contributed by atoms with Crippen LogP contribution >= 0.6 is 22.7 Å². The Labute approximate surface area is 155 Å². The molecule has 1 aliphatic heterocycles. The van der Waals surface area contributed by atoms with Crippen LogP contribution in [-0.4, -0.2) is 62.2 Å². The lowest BCUT2D eigenvalue weighted by molar-refractivity contribution is 0.114. The molecule has 8 heteroatoms. The first-order chi connectivity index (χ1) is 12.1. The fourth-order valence-corrected chi connectivity index (χ4v) is 5.77. The first kappa shape index (κ1) is 17.0. The standard InChI is InChI=1S/C17H23N5OS2/c1-4-20-6-8-21(9-7-20)13(14-11(2)5-10-24-14)15-16(23)22-17(25-15)18-12(3)19-22/h5,10,13,23H,4,6-9H2,1-3H3. The lowest BCUT2D eigenvalue weighted by atomic mass is 10.1. The van der Waals surface area contributed by atoms with Gasteiger partial charge in [-0.3, -0.25) is 4.90 Å². The summed E-state index contributed by atoms with van der Waals surface area (Å²) in [6.45, 7) is 11.4. The molecule has 25 heavy (non-hydrogen) atoms. The molecule has 0 aliphatic carbocycles. The zero-order chi connectivity index (χ0) is 17.6. The average molecular weight is 378 g/mol. The number of hydrogen-bond donors (Lipinski definition) is 1. The van der Waals surface area contributed by atoms with Crippen LogP contribution in [0.5, 0.6) is 5.88 Å². The van der Waals surface area contributed by atoms with Crippen LogP contribution in [0.4, 0.5) is 0 Å². The number of thiophene rings is 1. The Hall–Kier alpha value is -1.48. The number of fused-ring (bicyclic) bond motifs is 1. The van der Waals surface area contributed by atoms with Crippen LogP contribution in [-0.2, 0) is 0 Å². The monoisotopic (exact) mass is 377 g/mol. The Morgan fingerprint density at radius 3 is 2.56 bits per heavy atom. The van der Waals surface area contributed by atoms with Gasteiger partial charge >= 0.3 is 0 Å². The number of piperazine rings is 1. The van der Waals surface area contributed by atoms with E-state index in [9.17, 15) is 5.11 Å². The van der Waals surface area contributed by atoms with E-state index in [1.807, 2.05) is 6.92 Å². The number of nitrogens with zero attached hydrogens (tertiary/aromatic N) is 5. The molecule has 1 aliphatic rings. The summed E-state index contributed by atoms with van der Waals surface area (Å²) in [4.78, 5) is 12.4. The van der Waals surface area contributed by atoms with Crippen molar-refractivity contribution in [2.24, 2.45) is 0 Å². The van der Waals surface area contributed by atoms with Gasteiger partial charge in [0.15, 0.2) is 0 Å². The first-order valence-electron chi connectivity index (χ1n) is 8.64. The fraction of sp³-hybridized carbons (Fsp3) is 0.529. The van der Waals surface area contributed by atoms with Gasteiger partial charge in [0.25, 0.3) is 0 Å². The Morgan fingerprint density at radius 2 is 1.96 bits per heavy atom. The highest BCUT2D eigenvalue weighted by Gasteiger charge is 2.32. The van der Waals surface area contributed by atoms with Crippen LogP contribution in [0.1, 0.15) is 34.1 Å². The van der Waals surface area contributed by atoms with Crippen LogP contribution in [0.2, 0.25) is 0 Å². The molecule has 1 atom stereocenters. The number of rotatable bonds is 4. The molecule has 0 bridgehead atoms. The number of likely N-dealkylation sites (N-methyl/N-ethyl adjacent to an activating group) is 1. The molecular weight excluding hydrogens is 354 g/mol. The maximum atomic E-state index is 10.8. The van der Waals surface area contributed by atoms with Crippen molar-refractivity contribution in [1.29, 1.82) is 0 Å². The van der Waals surface area contributed by atoms with Gasteiger partial charge in [-0.05, 0) is 37.4 Å². The second-order valence-electron chi connectivity index (χ2n) is 6.48. The van der Waals surface area contributed by atoms with Crippen molar-refractivity contribution >= 4 is 27.6 Å². The fourth-order valence-electron chi connectivity index (χ4n) is 3.48. The SMILES string of the molecule is CCN1CCN(C(c2sccc2C)c2sc3nc(C)nn3c2O)CC1. The van der Waals surface area contributed by atoms with Crippen molar-refractivity contribution < 1.29 is 5.11 Å². The molecule has 1 N–H and O–H groups in total. The van der Waals surface area contributed by atoms with Crippen LogP contribution in [0, 0.1) is 13.8 Å². The van der Waals surface area contributed by atoms with E-state index in [0.717, 1.165) is 42.6 Å². The zero-order valence-corrected chi connectivity index (χ0v) is 16.4. The molecule has 1 unspecified atom stereocenters. The van der Waals surface area contributed by atoms with Crippen LogP contribution in [0.15, 0.2) is 11.4 Å². The molecular formula is C17H23N5OS2. The number of aromatic hydroxyl groups is 1. The van der Waals surface area contributed by atoms with Gasteiger partial charge in [0, 0.05) is 31.1 Å². The number of thiazole rings is 1. The summed E-state index contributed by atoms with van der Waals surface area (Å²) < 4.78 is 1.58. The number of aromatic nitrogens is 3. The second-order valence-corrected chi connectivity index (χ2v) is 8.44. The van der Waals surface area contributed by atoms with Gasteiger partial charge in [-0.25, -0.2) is 4.98 Å². The van der Waals surface area contributed by atoms with Crippen LogP contribution < -0.4 is 0 Å². The van der Waals surface area contributed by atoms with Gasteiger partial charge in [-0.2, -0.15) is 4.52 Å². The average Bonchev–Trinajstić information content (AvgIpc) is 3.27. The van der Waals surface area contributed by atoms with E-state index in [2.05, 4.69) is 45.2 Å². The quantitative estimate of drug-likeness (QED) is 0.758. The third kappa shape index (κ3) is 2.97. The van der Waals surface area contributed by atoms with Crippen molar-refractivity contribution in [3.05, 3.63) is 32.6 Å². The topological polar surface area (TPSA) is 56.9 Å². The van der Waals surface area contributed by atoms with E-state index in [0.29, 0.717) is 5.82 Å². The smallest absolute Gasteiger partial charge is 0.230 e. The lowest BCUT2D eigenvalue weighted by Crippen LogP contribution is -2.47. The van der Waals surface area contributed by atoms with E-state index in [1.54, 1.807) is 27.2 Å². The summed E-state index contributed by atoms with van der Waals surface area (Å²) in [7, 11) is 0. The van der Waals surface area contributed by atoms with Gasteiger partial charge in [0.1, 0.15) is 5.82 Å². The van der Waals surface area contributed by atoms with E-state index in [1.165, 1.54) is 10.4 Å². The molecule has 3 aromatic rings. The molecule has 6 nitrogen and oxygen atoms in total. The van der Waals surface area contributed by atoms with Crippen molar-refractivity contribution in [1.82, 2.24) is 24.4 Å². The summed E-state index contributed by atoms with van der Waals surface area (Å²) in [6.07, 6.45) is 0. The summed E-state index contributed by atoms with van der Waals surface area (Å²) in [5.41, 5.74) is 1.28. The highest BCUT2D eigenvalue weighted by atomic mass is 32.1. The molecule has 134 valence electrons. The van der Waals surface area contributed by atoms with Gasteiger partial charge in [0.2, 0.25) is 10.8 Å². The lowest BCUT2D eigenvalue weighted by Gasteiger charge is -2.38. The van der Waals surface area contributed by atoms with Crippen molar-refractivity contribution in [2.75, 3.05) is 32.7 Å². The number of hydrogen-bond acceptors (Lipinski definition) is 7. The minimum Gasteiger partial charge on any atom is -0.492 e.